The van der Waals surface area contributed by atoms with Gasteiger partial charge in [-0.3, -0.25) is 9.59 Å². The van der Waals surface area contributed by atoms with Gasteiger partial charge in [-0.05, 0) is 0 Å². The minimum Gasteiger partial charge on any atom is -0.541 e. The quantitative estimate of drug-likeness (QED) is 0.395. The second kappa shape index (κ2) is 10.7. The van der Waals surface area contributed by atoms with E-state index in [4.69, 9.17) is 0 Å². The van der Waals surface area contributed by atoms with E-state index in [0.29, 0.717) is 0 Å². The van der Waals surface area contributed by atoms with Gasteiger partial charge < -0.3 is 19.8 Å². The molecule has 6 nitrogen and oxygen atoms in total. The van der Waals surface area contributed by atoms with Crippen molar-refractivity contribution in [2.24, 2.45) is 0 Å². The van der Waals surface area contributed by atoms with Crippen molar-refractivity contribution in [3.05, 3.63) is 71.8 Å². The summed E-state index contributed by atoms with van der Waals surface area (Å²) in [6, 6.07) is 15.5. The van der Waals surface area contributed by atoms with Crippen LogP contribution in [0.4, 0.5) is 0 Å². The molecule has 0 aliphatic heterocycles. The number of rotatable bonds is 4. The summed E-state index contributed by atoms with van der Waals surface area (Å²) in [4.78, 5) is 41.4. The van der Waals surface area contributed by atoms with Crippen LogP contribution in [-0.2, 0) is 9.59 Å². The van der Waals surface area contributed by atoms with Gasteiger partial charge in [0.05, 0.1) is 0 Å². The van der Waals surface area contributed by atoms with Gasteiger partial charge in [0.25, 0.3) is 0 Å². The largest absolute Gasteiger partial charge is 2.00 e. The molecule has 0 atom stereocenters. The molecule has 7 heteroatoms. The van der Waals surface area contributed by atoms with Crippen LogP contribution in [0.5, 0.6) is 0 Å². The van der Waals surface area contributed by atoms with Crippen molar-refractivity contribution in [3.8, 4) is 0 Å². The fourth-order valence-corrected chi connectivity index (χ4v) is 1.41. The van der Waals surface area contributed by atoms with Crippen molar-refractivity contribution in [1.82, 2.24) is 0 Å². The molecular formula is C16H10CaO6. The summed E-state index contributed by atoms with van der Waals surface area (Å²) in [5.74, 6) is -5.30. The van der Waals surface area contributed by atoms with E-state index < -0.39 is 23.5 Å². The number of carbonyl (C=O) groups is 4. The third-order valence-electron chi connectivity index (χ3n) is 2.44. The molecule has 0 bridgehead atoms. The van der Waals surface area contributed by atoms with Gasteiger partial charge in [-0.25, -0.2) is 0 Å². The molecule has 2 aromatic carbocycles. The summed E-state index contributed by atoms with van der Waals surface area (Å²) in [5.41, 5.74) is 0.292. The van der Waals surface area contributed by atoms with Crippen LogP contribution in [-0.4, -0.2) is 61.2 Å². The van der Waals surface area contributed by atoms with Gasteiger partial charge in [0.2, 0.25) is 11.6 Å². The first-order chi connectivity index (χ1) is 10.4. The SMILES string of the molecule is O=C([O-])C(=O)c1ccccc1.O=C([O-])C(=O)c1ccccc1.[Ca+2]. The Morgan fingerprint density at radius 1 is 0.565 bits per heavy atom. The molecule has 0 aliphatic carbocycles. The minimum absolute atomic E-state index is 0. The molecule has 23 heavy (non-hydrogen) atoms. The Bertz CT molecular complexity index is 621. The fraction of sp³-hybridized carbons (Fsp3) is 0. The van der Waals surface area contributed by atoms with E-state index >= 15 is 0 Å². The van der Waals surface area contributed by atoms with Crippen LogP contribution in [0, 0.1) is 0 Å². The number of ketones is 2. The first-order valence-corrected chi connectivity index (χ1v) is 6.05. The molecule has 0 aromatic heterocycles. The zero-order valence-electron chi connectivity index (χ0n) is 11.9. The monoisotopic (exact) mass is 338 g/mol. The molecule has 0 aliphatic rings. The minimum atomic E-state index is -1.67. The Balaban J connectivity index is 0.000000403. The molecule has 0 fully saturated rings. The molecule has 0 N–H and O–H groups in total. The number of carbonyl (C=O) groups excluding carboxylic acids is 4. The molecule has 0 radical (unpaired) electrons. The number of aliphatic carboxylic acids is 2. The van der Waals surface area contributed by atoms with Crippen LogP contribution >= 0.6 is 0 Å². The molecule has 0 saturated heterocycles. The Morgan fingerprint density at radius 2 is 0.826 bits per heavy atom. The maximum Gasteiger partial charge on any atom is 2.00 e. The Hall–Kier alpha value is -2.02. The number of Topliss-reactive ketones (excluding diaryl/α,β-unsaturated/α-hetero) is 2. The van der Waals surface area contributed by atoms with Crippen LogP contribution in [0.2, 0.25) is 0 Å². The number of benzene rings is 2. The standard InChI is InChI=1S/2C8H6O3.Ca/c2*9-7(8(10)11)6-4-2-1-3-5-6;/h2*1-5H,(H,10,11);/q;;+2/p-2. The number of carboxylic acid groups (broad SMARTS) is 2. The molecule has 0 heterocycles. The number of hydrogen-bond donors (Lipinski definition) is 0. The van der Waals surface area contributed by atoms with Crippen LogP contribution in [0.25, 0.3) is 0 Å². The van der Waals surface area contributed by atoms with E-state index in [2.05, 4.69) is 0 Å². The van der Waals surface area contributed by atoms with Gasteiger partial charge in [0, 0.05) is 11.1 Å². The second-order valence-electron chi connectivity index (χ2n) is 3.97. The molecule has 0 unspecified atom stereocenters. The van der Waals surface area contributed by atoms with Gasteiger partial charge in [0.15, 0.2) is 0 Å². The summed E-state index contributed by atoms with van der Waals surface area (Å²) in [5, 5.41) is 20.1. The summed E-state index contributed by atoms with van der Waals surface area (Å²) in [6.45, 7) is 0. The number of hydrogen-bond acceptors (Lipinski definition) is 6. The normalized spacial score (nSPS) is 8.70. The van der Waals surface area contributed by atoms with Crippen LogP contribution in [0.1, 0.15) is 20.7 Å². The average Bonchev–Trinajstić information content (AvgIpc) is 2.55. The molecule has 0 saturated carbocycles. The number of carboxylic acids is 2. The van der Waals surface area contributed by atoms with Crippen molar-refractivity contribution in [2.45, 2.75) is 0 Å². The smallest absolute Gasteiger partial charge is 0.541 e. The predicted molar refractivity (Wildman–Crippen MR) is 77.3 cm³/mol. The molecular weight excluding hydrogens is 328 g/mol. The van der Waals surface area contributed by atoms with Gasteiger partial charge in [-0.1, -0.05) is 60.7 Å². The van der Waals surface area contributed by atoms with E-state index in [1.165, 1.54) is 24.3 Å². The molecule has 2 aromatic rings. The van der Waals surface area contributed by atoms with Gasteiger partial charge in [-0.15, -0.1) is 0 Å². The predicted octanol–water partition coefficient (Wildman–Crippen LogP) is -1.14. The van der Waals surface area contributed by atoms with Gasteiger partial charge in [-0.2, -0.15) is 0 Å². The van der Waals surface area contributed by atoms with E-state index in [-0.39, 0.29) is 48.9 Å². The third-order valence-corrected chi connectivity index (χ3v) is 2.44. The second-order valence-corrected chi connectivity index (χ2v) is 3.97. The zero-order chi connectivity index (χ0) is 16.5. The maximum absolute atomic E-state index is 10.7. The van der Waals surface area contributed by atoms with Crippen molar-refractivity contribution >= 4 is 61.2 Å². The summed E-state index contributed by atoms with van der Waals surface area (Å²) in [7, 11) is 0. The Morgan fingerprint density at radius 3 is 1.04 bits per heavy atom. The summed E-state index contributed by atoms with van der Waals surface area (Å²) >= 11 is 0. The van der Waals surface area contributed by atoms with Crippen LogP contribution in [0.15, 0.2) is 60.7 Å². The molecule has 112 valence electrons. The maximum atomic E-state index is 10.7. The average molecular weight is 338 g/mol. The van der Waals surface area contributed by atoms with Crippen molar-refractivity contribution in [1.29, 1.82) is 0 Å². The third kappa shape index (κ3) is 7.19. The van der Waals surface area contributed by atoms with E-state index in [1.807, 2.05) is 0 Å². The Kier molecular flexibility index (Phi) is 9.73. The van der Waals surface area contributed by atoms with Gasteiger partial charge in [0.1, 0.15) is 11.9 Å². The van der Waals surface area contributed by atoms with Crippen LogP contribution < -0.4 is 10.2 Å². The molecule has 0 spiro atoms. The van der Waals surface area contributed by atoms with Crippen molar-refractivity contribution in [3.63, 3.8) is 0 Å². The summed E-state index contributed by atoms with van der Waals surface area (Å²) < 4.78 is 0. The van der Waals surface area contributed by atoms with E-state index in [1.54, 1.807) is 36.4 Å². The van der Waals surface area contributed by atoms with Crippen molar-refractivity contribution in [2.75, 3.05) is 0 Å². The topological polar surface area (TPSA) is 114 Å². The fourth-order valence-electron chi connectivity index (χ4n) is 1.41. The van der Waals surface area contributed by atoms with Crippen LogP contribution in [0.3, 0.4) is 0 Å². The van der Waals surface area contributed by atoms with Crippen molar-refractivity contribution < 1.29 is 29.4 Å². The molecule has 0 amide bonds. The zero-order valence-corrected chi connectivity index (χ0v) is 14.1. The first-order valence-electron chi connectivity index (χ1n) is 6.05. The molecule has 2 rings (SSSR count). The first kappa shape index (κ1) is 21.0. The van der Waals surface area contributed by atoms with E-state index in [0.717, 1.165) is 0 Å². The summed E-state index contributed by atoms with van der Waals surface area (Å²) in [6.07, 6.45) is 0. The van der Waals surface area contributed by atoms with Gasteiger partial charge >= 0.3 is 37.7 Å². The van der Waals surface area contributed by atoms with E-state index in [9.17, 15) is 29.4 Å². The Labute approximate surface area is 161 Å².